The Hall–Kier alpha value is -2.51. The molecule has 0 spiro atoms. The van der Waals surface area contributed by atoms with Crippen molar-refractivity contribution in [2.75, 3.05) is 13.4 Å². The number of nitrogens with zero attached hydrogens (tertiary/aromatic N) is 2. The summed E-state index contributed by atoms with van der Waals surface area (Å²) in [6.07, 6.45) is 3.71. The van der Waals surface area contributed by atoms with E-state index in [1.165, 1.54) is 5.56 Å². The van der Waals surface area contributed by atoms with Gasteiger partial charge in [0.2, 0.25) is 0 Å². The van der Waals surface area contributed by atoms with E-state index in [4.69, 9.17) is 4.74 Å². The van der Waals surface area contributed by atoms with Crippen molar-refractivity contribution >= 4 is 22.7 Å². The van der Waals surface area contributed by atoms with Gasteiger partial charge in [0.25, 0.3) is 0 Å². The molecule has 0 saturated carbocycles. The lowest BCUT2D eigenvalue weighted by atomic mass is 9.96. The van der Waals surface area contributed by atoms with E-state index >= 15 is 0 Å². The van der Waals surface area contributed by atoms with Crippen LogP contribution in [-0.4, -0.2) is 18.3 Å². The molecule has 0 radical (unpaired) electrons. The lowest BCUT2D eigenvalue weighted by Crippen LogP contribution is -1.93. The third kappa shape index (κ3) is 2.88. The monoisotopic (exact) mass is 320 g/mol. The molecule has 0 atom stereocenters. The van der Waals surface area contributed by atoms with Gasteiger partial charge in [-0.3, -0.25) is 4.98 Å². The molecular formula is C19H16N2OS. The average Bonchev–Trinajstić information content (AvgIpc) is 2.61. The molecule has 3 nitrogen and oxygen atoms in total. The number of methoxy groups -OCH3 is 1. The number of ether oxygens (including phenoxy) is 1. The van der Waals surface area contributed by atoms with Crippen molar-refractivity contribution in [3.8, 4) is 22.9 Å². The fraction of sp³-hybridized carbons (Fsp3) is 0.158. The number of aromatic nitrogens is 1. The molecule has 114 valence electrons. The largest absolute Gasteiger partial charge is 0.494 e. The SMILES string of the molecule is COc1cccc2c(-c3ccc(CSC)cc3)c(C#N)cnc12. The molecule has 0 bridgehead atoms. The first-order chi connectivity index (χ1) is 11.3. The Morgan fingerprint density at radius 1 is 1.17 bits per heavy atom. The van der Waals surface area contributed by atoms with Crippen LogP contribution in [0, 0.1) is 11.3 Å². The van der Waals surface area contributed by atoms with Crippen LogP contribution in [0.15, 0.2) is 48.7 Å². The van der Waals surface area contributed by atoms with Crippen molar-refractivity contribution in [3.63, 3.8) is 0 Å². The minimum atomic E-state index is 0.573. The maximum Gasteiger partial charge on any atom is 0.145 e. The molecule has 0 aliphatic heterocycles. The van der Waals surface area contributed by atoms with E-state index in [0.29, 0.717) is 11.3 Å². The second-order valence-corrected chi connectivity index (χ2v) is 6.01. The molecule has 0 unspecified atom stereocenters. The van der Waals surface area contributed by atoms with Gasteiger partial charge in [-0.2, -0.15) is 17.0 Å². The average molecular weight is 320 g/mol. The van der Waals surface area contributed by atoms with Crippen LogP contribution in [0.1, 0.15) is 11.1 Å². The van der Waals surface area contributed by atoms with E-state index in [2.05, 4.69) is 41.6 Å². The Bertz CT molecular complexity index is 882. The zero-order valence-electron chi connectivity index (χ0n) is 13.0. The molecule has 1 aromatic heterocycles. The number of rotatable bonds is 4. The second-order valence-electron chi connectivity index (χ2n) is 5.15. The minimum absolute atomic E-state index is 0.573. The van der Waals surface area contributed by atoms with Gasteiger partial charge in [0.1, 0.15) is 17.3 Å². The fourth-order valence-corrected chi connectivity index (χ4v) is 3.22. The molecule has 1 heterocycles. The van der Waals surface area contributed by atoms with E-state index in [0.717, 1.165) is 27.8 Å². The highest BCUT2D eigenvalue weighted by atomic mass is 32.2. The summed E-state index contributed by atoms with van der Waals surface area (Å²) in [6, 6.07) is 16.4. The summed E-state index contributed by atoms with van der Waals surface area (Å²) in [7, 11) is 1.63. The van der Waals surface area contributed by atoms with Crippen LogP contribution in [0.3, 0.4) is 0 Å². The predicted molar refractivity (Wildman–Crippen MR) is 95.7 cm³/mol. The Balaban J connectivity index is 2.24. The number of hydrogen-bond acceptors (Lipinski definition) is 4. The molecule has 0 aliphatic rings. The standard InChI is InChI=1S/C19H16N2OS/c1-22-17-5-3-4-16-18(15(10-20)11-21-19(16)17)14-8-6-13(7-9-14)12-23-2/h3-9,11H,12H2,1-2H3. The number of nitriles is 1. The highest BCUT2D eigenvalue weighted by molar-refractivity contribution is 7.97. The molecule has 0 N–H and O–H groups in total. The topological polar surface area (TPSA) is 45.9 Å². The van der Waals surface area contributed by atoms with Crippen molar-refractivity contribution < 1.29 is 4.74 Å². The van der Waals surface area contributed by atoms with Gasteiger partial charge in [0.15, 0.2) is 0 Å². The van der Waals surface area contributed by atoms with Gasteiger partial charge in [-0.05, 0) is 23.4 Å². The summed E-state index contributed by atoms with van der Waals surface area (Å²) in [4.78, 5) is 4.41. The fourth-order valence-electron chi connectivity index (χ4n) is 2.69. The van der Waals surface area contributed by atoms with Gasteiger partial charge < -0.3 is 4.74 Å². The molecular weight excluding hydrogens is 304 g/mol. The third-order valence-corrected chi connectivity index (χ3v) is 4.38. The van der Waals surface area contributed by atoms with Gasteiger partial charge in [0.05, 0.1) is 12.7 Å². The normalized spacial score (nSPS) is 10.5. The van der Waals surface area contributed by atoms with Crippen LogP contribution in [0.2, 0.25) is 0 Å². The molecule has 2 aromatic carbocycles. The van der Waals surface area contributed by atoms with Crippen LogP contribution in [0.25, 0.3) is 22.0 Å². The van der Waals surface area contributed by atoms with E-state index < -0.39 is 0 Å². The summed E-state index contributed by atoms with van der Waals surface area (Å²) in [6.45, 7) is 0. The lowest BCUT2D eigenvalue weighted by Gasteiger charge is -2.11. The van der Waals surface area contributed by atoms with Crippen molar-refractivity contribution in [1.29, 1.82) is 5.26 Å². The molecule has 23 heavy (non-hydrogen) atoms. The van der Waals surface area contributed by atoms with Crippen LogP contribution in [0.4, 0.5) is 0 Å². The Kier molecular flexibility index (Phi) is 4.50. The van der Waals surface area contributed by atoms with Crippen molar-refractivity contribution in [3.05, 3.63) is 59.8 Å². The number of benzene rings is 2. The maximum atomic E-state index is 9.48. The van der Waals surface area contributed by atoms with Gasteiger partial charge in [-0.15, -0.1) is 0 Å². The third-order valence-electron chi connectivity index (χ3n) is 3.75. The summed E-state index contributed by atoms with van der Waals surface area (Å²) in [5.41, 5.74) is 4.55. The van der Waals surface area contributed by atoms with Crippen molar-refractivity contribution in [2.24, 2.45) is 0 Å². The van der Waals surface area contributed by atoms with E-state index in [9.17, 15) is 5.26 Å². The first-order valence-corrected chi connectivity index (χ1v) is 8.62. The first kappa shape index (κ1) is 15.4. The van der Waals surface area contributed by atoms with Gasteiger partial charge in [-0.1, -0.05) is 36.4 Å². The number of fused-ring (bicyclic) bond motifs is 1. The van der Waals surface area contributed by atoms with E-state index in [1.54, 1.807) is 25.1 Å². The number of para-hydroxylation sites is 1. The minimum Gasteiger partial charge on any atom is -0.494 e. The Labute approximate surface area is 139 Å². The zero-order valence-corrected chi connectivity index (χ0v) is 13.9. The first-order valence-electron chi connectivity index (χ1n) is 7.22. The predicted octanol–water partition coefficient (Wildman–Crippen LogP) is 4.65. The molecule has 0 amide bonds. The number of hydrogen-bond donors (Lipinski definition) is 0. The quantitative estimate of drug-likeness (QED) is 0.702. The Morgan fingerprint density at radius 2 is 1.96 bits per heavy atom. The molecule has 0 aliphatic carbocycles. The van der Waals surface area contributed by atoms with E-state index in [1.807, 2.05) is 18.2 Å². The van der Waals surface area contributed by atoms with Crippen LogP contribution in [-0.2, 0) is 5.75 Å². The zero-order chi connectivity index (χ0) is 16.2. The molecule has 3 rings (SSSR count). The number of thioether (sulfide) groups is 1. The molecule has 0 fully saturated rings. The molecule has 3 aromatic rings. The van der Waals surface area contributed by atoms with Crippen molar-refractivity contribution in [1.82, 2.24) is 4.98 Å². The second kappa shape index (κ2) is 6.72. The summed E-state index contributed by atoms with van der Waals surface area (Å²) in [5, 5.41) is 10.4. The highest BCUT2D eigenvalue weighted by Crippen LogP contribution is 2.34. The summed E-state index contributed by atoms with van der Waals surface area (Å²) in [5.74, 6) is 1.70. The summed E-state index contributed by atoms with van der Waals surface area (Å²) < 4.78 is 5.39. The van der Waals surface area contributed by atoms with Crippen LogP contribution < -0.4 is 4.74 Å². The van der Waals surface area contributed by atoms with Gasteiger partial charge in [0, 0.05) is 22.9 Å². The Morgan fingerprint density at radius 3 is 2.61 bits per heavy atom. The van der Waals surface area contributed by atoms with Gasteiger partial charge in [-0.25, -0.2) is 0 Å². The molecule has 0 saturated heterocycles. The highest BCUT2D eigenvalue weighted by Gasteiger charge is 2.13. The molecule has 4 heteroatoms. The number of pyridine rings is 1. The lowest BCUT2D eigenvalue weighted by molar-refractivity contribution is 0.419. The van der Waals surface area contributed by atoms with E-state index in [-0.39, 0.29) is 0 Å². The van der Waals surface area contributed by atoms with Crippen LogP contribution >= 0.6 is 11.8 Å². The maximum absolute atomic E-state index is 9.48. The smallest absolute Gasteiger partial charge is 0.145 e. The van der Waals surface area contributed by atoms with Gasteiger partial charge >= 0.3 is 0 Å². The van der Waals surface area contributed by atoms with Crippen molar-refractivity contribution in [2.45, 2.75) is 5.75 Å². The summed E-state index contributed by atoms with van der Waals surface area (Å²) >= 11 is 1.79. The van der Waals surface area contributed by atoms with Crippen LogP contribution in [0.5, 0.6) is 5.75 Å².